The summed E-state index contributed by atoms with van der Waals surface area (Å²) in [5, 5.41) is 0. The lowest BCUT2D eigenvalue weighted by molar-refractivity contribution is 0.523. The van der Waals surface area contributed by atoms with Gasteiger partial charge in [0.15, 0.2) is 0 Å². The molecule has 1 fully saturated rings. The zero-order valence-corrected chi connectivity index (χ0v) is 7.06. The van der Waals surface area contributed by atoms with Crippen molar-refractivity contribution < 1.29 is 4.21 Å². The first-order valence-corrected chi connectivity index (χ1v) is 5.43. The Labute approximate surface area is 62.1 Å². The first-order chi connectivity index (χ1) is 4.66. The van der Waals surface area contributed by atoms with Gasteiger partial charge in [0, 0.05) is 11.5 Å². The Morgan fingerprint density at radius 3 is 2.40 bits per heavy atom. The fourth-order valence-corrected chi connectivity index (χ4v) is 3.08. The van der Waals surface area contributed by atoms with Crippen LogP contribution in [0.4, 0.5) is 0 Å². The summed E-state index contributed by atoms with van der Waals surface area (Å²) in [5.74, 6) is 7.14. The third kappa shape index (κ3) is 1.70. The molecule has 3 nitrogen and oxygen atoms in total. The molecule has 0 aromatic carbocycles. The molecule has 0 bridgehead atoms. The van der Waals surface area contributed by atoms with E-state index < -0.39 is 9.73 Å². The molecule has 1 aliphatic heterocycles. The molecule has 0 spiro atoms. The Bertz CT molecular complexity index is 204. The van der Waals surface area contributed by atoms with E-state index in [1.54, 1.807) is 0 Å². The lowest BCUT2D eigenvalue weighted by Crippen LogP contribution is -2.22. The van der Waals surface area contributed by atoms with Crippen molar-refractivity contribution in [1.82, 2.24) is 0 Å². The van der Waals surface area contributed by atoms with Gasteiger partial charge in [-0.05, 0) is 18.8 Å². The van der Waals surface area contributed by atoms with Gasteiger partial charge in [0.25, 0.3) is 0 Å². The van der Waals surface area contributed by atoms with Crippen molar-refractivity contribution in [3.63, 3.8) is 0 Å². The van der Waals surface area contributed by atoms with Crippen LogP contribution in [0.25, 0.3) is 0 Å². The Morgan fingerprint density at radius 2 is 2.00 bits per heavy atom. The van der Waals surface area contributed by atoms with E-state index >= 15 is 0 Å². The largest absolute Gasteiger partial charge is 0.248 e. The standard InChI is InChI=1S/C6H14N2OS/c1-6-2-4-10(9,8-7)5-3-6/h6H,2-5,7H2,1H3. The fourth-order valence-electron chi connectivity index (χ4n) is 1.12. The second-order valence-electron chi connectivity index (χ2n) is 2.97. The van der Waals surface area contributed by atoms with Crippen LogP contribution in [0.1, 0.15) is 19.8 Å². The summed E-state index contributed by atoms with van der Waals surface area (Å²) in [6, 6.07) is 0. The van der Waals surface area contributed by atoms with Crippen molar-refractivity contribution in [3.8, 4) is 0 Å². The minimum absolute atomic E-state index is 0.699. The average molecular weight is 162 g/mol. The van der Waals surface area contributed by atoms with E-state index in [2.05, 4.69) is 11.4 Å². The molecular formula is C6H14N2OS. The third-order valence-corrected chi connectivity index (χ3v) is 4.18. The van der Waals surface area contributed by atoms with E-state index in [9.17, 15) is 4.21 Å². The quantitative estimate of drug-likeness (QED) is 0.422. The van der Waals surface area contributed by atoms with E-state index in [4.69, 9.17) is 5.84 Å². The normalized spacial score (nSPS) is 41.2. The zero-order valence-electron chi connectivity index (χ0n) is 6.25. The summed E-state index contributed by atoms with van der Waals surface area (Å²) in [4.78, 5) is 0. The van der Waals surface area contributed by atoms with Gasteiger partial charge in [-0.25, -0.2) is 10.1 Å². The van der Waals surface area contributed by atoms with Crippen LogP contribution in [-0.2, 0) is 9.73 Å². The van der Waals surface area contributed by atoms with E-state index in [0.717, 1.165) is 12.8 Å². The molecule has 0 amide bonds. The van der Waals surface area contributed by atoms with Crippen molar-refractivity contribution in [1.29, 1.82) is 0 Å². The second kappa shape index (κ2) is 2.88. The summed E-state index contributed by atoms with van der Waals surface area (Å²) in [6.45, 7) is 2.18. The molecule has 10 heavy (non-hydrogen) atoms. The number of hydrogen-bond acceptors (Lipinski definition) is 2. The van der Waals surface area contributed by atoms with Gasteiger partial charge < -0.3 is 0 Å². The molecular weight excluding hydrogens is 148 g/mol. The number of rotatable bonds is 0. The highest BCUT2D eigenvalue weighted by atomic mass is 32.2. The molecule has 0 aromatic rings. The minimum atomic E-state index is -1.96. The maximum atomic E-state index is 11.4. The van der Waals surface area contributed by atoms with Crippen LogP contribution in [0.15, 0.2) is 4.47 Å². The van der Waals surface area contributed by atoms with Crippen molar-refractivity contribution in [2.75, 3.05) is 11.5 Å². The van der Waals surface area contributed by atoms with Crippen LogP contribution >= 0.6 is 0 Å². The molecule has 0 aromatic heterocycles. The molecule has 2 N–H and O–H groups in total. The Balaban J connectivity index is 2.64. The topological polar surface area (TPSA) is 55.5 Å². The zero-order chi connectivity index (χ0) is 7.61. The van der Waals surface area contributed by atoms with E-state index in [1.807, 2.05) is 0 Å². The summed E-state index contributed by atoms with van der Waals surface area (Å²) < 4.78 is 14.9. The predicted octanol–water partition coefficient (Wildman–Crippen LogP) is 0.758. The monoisotopic (exact) mass is 162 g/mol. The van der Waals surface area contributed by atoms with Crippen molar-refractivity contribution in [3.05, 3.63) is 0 Å². The number of nitrogens with two attached hydrogens (primary N) is 1. The van der Waals surface area contributed by atoms with Crippen molar-refractivity contribution in [2.24, 2.45) is 16.2 Å². The smallest absolute Gasteiger partial charge is 0.0634 e. The number of hydrogen-bond donors (Lipinski definition) is 1. The molecule has 0 saturated carbocycles. The lowest BCUT2D eigenvalue weighted by Gasteiger charge is -2.19. The fraction of sp³-hybridized carbons (Fsp3) is 1.00. The van der Waals surface area contributed by atoms with Gasteiger partial charge in [0.05, 0.1) is 9.73 Å². The first kappa shape index (κ1) is 8.01. The van der Waals surface area contributed by atoms with Gasteiger partial charge in [-0.15, -0.1) is 0 Å². The molecule has 0 unspecified atom stereocenters. The van der Waals surface area contributed by atoms with Crippen LogP contribution in [0.2, 0.25) is 0 Å². The summed E-state index contributed by atoms with van der Waals surface area (Å²) >= 11 is 0. The van der Waals surface area contributed by atoms with Gasteiger partial charge in [-0.2, -0.15) is 4.47 Å². The van der Waals surface area contributed by atoms with Gasteiger partial charge in [0.1, 0.15) is 0 Å². The minimum Gasteiger partial charge on any atom is -0.248 e. The maximum Gasteiger partial charge on any atom is 0.0634 e. The molecule has 1 saturated heterocycles. The average Bonchev–Trinajstić information content (AvgIpc) is 1.96. The van der Waals surface area contributed by atoms with Gasteiger partial charge in [-0.1, -0.05) is 6.92 Å². The van der Waals surface area contributed by atoms with Crippen molar-refractivity contribution >= 4 is 9.73 Å². The number of nitrogens with zero attached hydrogens (tertiary/aromatic N) is 1. The highest BCUT2D eigenvalue weighted by molar-refractivity contribution is 7.93. The molecule has 4 heteroatoms. The Morgan fingerprint density at radius 1 is 1.50 bits per heavy atom. The van der Waals surface area contributed by atoms with E-state index in [0.29, 0.717) is 17.4 Å². The molecule has 1 rings (SSSR count). The maximum absolute atomic E-state index is 11.4. The second-order valence-corrected chi connectivity index (χ2v) is 5.54. The van der Waals surface area contributed by atoms with Gasteiger partial charge >= 0.3 is 0 Å². The van der Waals surface area contributed by atoms with Crippen LogP contribution in [0.3, 0.4) is 0 Å². The van der Waals surface area contributed by atoms with E-state index in [1.165, 1.54) is 0 Å². The lowest BCUT2D eigenvalue weighted by atomic mass is 10.1. The highest BCUT2D eigenvalue weighted by Gasteiger charge is 2.18. The van der Waals surface area contributed by atoms with Crippen LogP contribution < -0.4 is 5.84 Å². The molecule has 0 aliphatic carbocycles. The summed E-state index contributed by atoms with van der Waals surface area (Å²) in [6.07, 6.45) is 2.03. The van der Waals surface area contributed by atoms with Crippen LogP contribution in [0, 0.1) is 5.92 Å². The first-order valence-electron chi connectivity index (χ1n) is 3.58. The van der Waals surface area contributed by atoms with Crippen LogP contribution in [-0.4, -0.2) is 15.7 Å². The van der Waals surface area contributed by atoms with Gasteiger partial charge in [0.2, 0.25) is 0 Å². The van der Waals surface area contributed by atoms with Gasteiger partial charge in [-0.3, -0.25) is 0 Å². The van der Waals surface area contributed by atoms with Crippen LogP contribution in [0.5, 0.6) is 0 Å². The Hall–Kier alpha value is -0.0900. The molecule has 0 radical (unpaired) electrons. The third-order valence-electron chi connectivity index (χ3n) is 2.05. The van der Waals surface area contributed by atoms with E-state index in [-0.39, 0.29) is 0 Å². The molecule has 60 valence electrons. The van der Waals surface area contributed by atoms with Crippen molar-refractivity contribution in [2.45, 2.75) is 19.8 Å². The highest BCUT2D eigenvalue weighted by Crippen LogP contribution is 2.18. The molecule has 0 atom stereocenters. The predicted molar refractivity (Wildman–Crippen MR) is 42.9 cm³/mol. The molecule has 1 aliphatic rings. The summed E-state index contributed by atoms with van der Waals surface area (Å²) in [5.41, 5.74) is 0. The SMILES string of the molecule is CC1CCS(=O)(=NN)CC1. The Kier molecular flexibility index (Phi) is 2.31. The molecule has 1 heterocycles. The summed E-state index contributed by atoms with van der Waals surface area (Å²) in [7, 11) is -1.96.